The molecule has 1 saturated heterocycles. The molecule has 1 aromatic carbocycles. The Morgan fingerprint density at radius 3 is 2.54 bits per heavy atom. The first-order valence-corrected chi connectivity index (χ1v) is 9.02. The number of nitrogens with one attached hydrogen (secondary N) is 1. The molecule has 0 aliphatic carbocycles. The standard InChI is InChI=1S/C19H27N5O2/c1-4-15-13-18(26-22-15)14-21-19(20-2)24-11-9-23(10-12-24)16-5-7-17(25-3)8-6-16/h5-8,13H,4,9-12,14H2,1-3H3,(H,20,21). The van der Waals surface area contributed by atoms with E-state index in [0.29, 0.717) is 6.54 Å². The molecule has 0 amide bonds. The Bertz CT molecular complexity index is 718. The Morgan fingerprint density at radius 2 is 1.96 bits per heavy atom. The SMILES string of the molecule is CCc1cc(CNC(=NC)N2CCN(c3ccc(OC)cc3)CC2)on1. The number of hydrogen-bond acceptors (Lipinski definition) is 5. The van der Waals surface area contributed by atoms with Gasteiger partial charge in [-0.05, 0) is 30.7 Å². The topological polar surface area (TPSA) is 66.1 Å². The normalized spacial score (nSPS) is 15.3. The summed E-state index contributed by atoms with van der Waals surface area (Å²) in [5.41, 5.74) is 2.20. The molecule has 7 nitrogen and oxygen atoms in total. The van der Waals surface area contributed by atoms with Gasteiger partial charge < -0.3 is 24.4 Å². The van der Waals surface area contributed by atoms with Gasteiger partial charge in [-0.15, -0.1) is 0 Å². The Morgan fingerprint density at radius 1 is 1.23 bits per heavy atom. The molecule has 0 radical (unpaired) electrons. The number of methoxy groups -OCH3 is 1. The quantitative estimate of drug-likeness (QED) is 0.653. The number of anilines is 1. The van der Waals surface area contributed by atoms with E-state index in [1.165, 1.54) is 5.69 Å². The molecule has 7 heteroatoms. The van der Waals surface area contributed by atoms with Crippen LogP contribution >= 0.6 is 0 Å². The molecule has 1 aliphatic heterocycles. The third-order valence-corrected chi connectivity index (χ3v) is 4.62. The van der Waals surface area contributed by atoms with E-state index in [9.17, 15) is 0 Å². The summed E-state index contributed by atoms with van der Waals surface area (Å²) in [6.45, 7) is 6.41. The number of benzene rings is 1. The first-order chi connectivity index (χ1) is 12.7. The van der Waals surface area contributed by atoms with Crippen LogP contribution in [0.4, 0.5) is 5.69 Å². The van der Waals surface area contributed by atoms with Crippen LogP contribution in [-0.2, 0) is 13.0 Å². The number of guanidine groups is 1. The maximum Gasteiger partial charge on any atom is 0.194 e. The monoisotopic (exact) mass is 357 g/mol. The fourth-order valence-corrected chi connectivity index (χ4v) is 3.07. The van der Waals surface area contributed by atoms with Crippen molar-refractivity contribution in [3.8, 4) is 5.75 Å². The zero-order valence-corrected chi connectivity index (χ0v) is 15.7. The van der Waals surface area contributed by atoms with Gasteiger partial charge in [0.1, 0.15) is 5.75 Å². The molecule has 2 aromatic rings. The van der Waals surface area contributed by atoms with Crippen molar-refractivity contribution in [2.24, 2.45) is 4.99 Å². The van der Waals surface area contributed by atoms with Crippen LogP contribution in [-0.4, -0.2) is 56.4 Å². The number of aromatic nitrogens is 1. The van der Waals surface area contributed by atoms with E-state index >= 15 is 0 Å². The lowest BCUT2D eigenvalue weighted by molar-refractivity contribution is 0.356. The maximum absolute atomic E-state index is 5.33. The van der Waals surface area contributed by atoms with Crippen LogP contribution in [0.2, 0.25) is 0 Å². The van der Waals surface area contributed by atoms with Gasteiger partial charge in [0, 0.05) is 45.0 Å². The minimum absolute atomic E-state index is 0.596. The number of aliphatic imine (C=N–C) groups is 1. The minimum Gasteiger partial charge on any atom is -0.497 e. The number of hydrogen-bond donors (Lipinski definition) is 1. The summed E-state index contributed by atoms with van der Waals surface area (Å²) in [5, 5.41) is 7.39. The van der Waals surface area contributed by atoms with Crippen molar-refractivity contribution in [2.45, 2.75) is 19.9 Å². The van der Waals surface area contributed by atoms with Crippen molar-refractivity contribution < 1.29 is 9.26 Å². The van der Waals surface area contributed by atoms with Crippen molar-refractivity contribution in [2.75, 3.05) is 45.2 Å². The third kappa shape index (κ3) is 4.28. The lowest BCUT2D eigenvalue weighted by Gasteiger charge is -2.37. The van der Waals surface area contributed by atoms with Crippen LogP contribution in [0.3, 0.4) is 0 Å². The fraction of sp³-hybridized carbons (Fsp3) is 0.474. The molecule has 3 rings (SSSR count). The van der Waals surface area contributed by atoms with E-state index in [1.54, 1.807) is 7.11 Å². The lowest BCUT2D eigenvalue weighted by atomic mass is 10.2. The summed E-state index contributed by atoms with van der Waals surface area (Å²) >= 11 is 0. The van der Waals surface area contributed by atoms with Gasteiger partial charge in [-0.3, -0.25) is 4.99 Å². The van der Waals surface area contributed by atoms with Crippen molar-refractivity contribution >= 4 is 11.6 Å². The number of ether oxygens (including phenoxy) is 1. The van der Waals surface area contributed by atoms with E-state index in [1.807, 2.05) is 25.2 Å². The van der Waals surface area contributed by atoms with E-state index in [0.717, 1.165) is 55.8 Å². The second kappa shape index (κ2) is 8.60. The predicted molar refractivity (Wildman–Crippen MR) is 103 cm³/mol. The largest absolute Gasteiger partial charge is 0.497 e. The molecule has 26 heavy (non-hydrogen) atoms. The third-order valence-electron chi connectivity index (χ3n) is 4.62. The first-order valence-electron chi connectivity index (χ1n) is 9.02. The van der Waals surface area contributed by atoms with Crippen LogP contribution in [0.1, 0.15) is 18.4 Å². The molecular weight excluding hydrogens is 330 g/mol. The molecule has 1 N–H and O–H groups in total. The Balaban J connectivity index is 1.51. The van der Waals surface area contributed by atoms with E-state index < -0.39 is 0 Å². The van der Waals surface area contributed by atoms with Crippen LogP contribution in [0.15, 0.2) is 39.8 Å². The molecular formula is C19H27N5O2. The number of aryl methyl sites for hydroxylation is 1. The molecule has 0 unspecified atom stereocenters. The van der Waals surface area contributed by atoms with Gasteiger partial charge in [-0.1, -0.05) is 12.1 Å². The molecule has 0 bridgehead atoms. The van der Waals surface area contributed by atoms with Crippen molar-refractivity contribution in [1.29, 1.82) is 0 Å². The fourth-order valence-electron chi connectivity index (χ4n) is 3.07. The van der Waals surface area contributed by atoms with Crippen LogP contribution in [0.25, 0.3) is 0 Å². The number of rotatable bonds is 5. The van der Waals surface area contributed by atoms with Gasteiger partial charge in [-0.25, -0.2) is 0 Å². The molecule has 0 spiro atoms. The maximum atomic E-state index is 5.33. The summed E-state index contributed by atoms with van der Waals surface area (Å²) < 4.78 is 10.6. The smallest absolute Gasteiger partial charge is 0.194 e. The second-order valence-electron chi connectivity index (χ2n) is 6.21. The van der Waals surface area contributed by atoms with E-state index in [4.69, 9.17) is 9.26 Å². The van der Waals surface area contributed by atoms with Crippen molar-refractivity contribution in [3.05, 3.63) is 41.8 Å². The van der Waals surface area contributed by atoms with Gasteiger partial charge in [0.2, 0.25) is 0 Å². The van der Waals surface area contributed by atoms with Gasteiger partial charge in [0.15, 0.2) is 11.7 Å². The zero-order valence-electron chi connectivity index (χ0n) is 15.7. The van der Waals surface area contributed by atoms with E-state index in [2.05, 4.69) is 44.3 Å². The summed E-state index contributed by atoms with van der Waals surface area (Å²) in [4.78, 5) is 9.07. The number of piperazine rings is 1. The molecule has 0 atom stereocenters. The average Bonchev–Trinajstić information content (AvgIpc) is 3.17. The highest BCUT2D eigenvalue weighted by Crippen LogP contribution is 2.20. The average molecular weight is 357 g/mol. The highest BCUT2D eigenvalue weighted by atomic mass is 16.5. The number of nitrogens with zero attached hydrogens (tertiary/aromatic N) is 4. The minimum atomic E-state index is 0.596. The Hall–Kier alpha value is -2.70. The van der Waals surface area contributed by atoms with Crippen LogP contribution in [0.5, 0.6) is 5.75 Å². The van der Waals surface area contributed by atoms with Gasteiger partial charge in [-0.2, -0.15) is 0 Å². The highest BCUT2D eigenvalue weighted by molar-refractivity contribution is 5.80. The van der Waals surface area contributed by atoms with Gasteiger partial charge in [0.25, 0.3) is 0 Å². The predicted octanol–water partition coefficient (Wildman–Crippen LogP) is 2.14. The zero-order chi connectivity index (χ0) is 18.4. The van der Waals surface area contributed by atoms with Gasteiger partial charge >= 0.3 is 0 Å². The molecule has 1 aromatic heterocycles. The highest BCUT2D eigenvalue weighted by Gasteiger charge is 2.20. The summed E-state index contributed by atoms with van der Waals surface area (Å²) in [5.74, 6) is 2.62. The van der Waals surface area contributed by atoms with Crippen molar-refractivity contribution in [1.82, 2.24) is 15.4 Å². The summed E-state index contributed by atoms with van der Waals surface area (Å²) in [7, 11) is 3.50. The van der Waals surface area contributed by atoms with E-state index in [-0.39, 0.29) is 0 Å². The summed E-state index contributed by atoms with van der Waals surface area (Å²) in [6, 6.07) is 10.2. The summed E-state index contributed by atoms with van der Waals surface area (Å²) in [6.07, 6.45) is 0.881. The first kappa shape index (κ1) is 18.1. The second-order valence-corrected chi connectivity index (χ2v) is 6.21. The molecule has 0 saturated carbocycles. The lowest BCUT2D eigenvalue weighted by Crippen LogP contribution is -2.52. The molecule has 1 aliphatic rings. The Labute approximate surface area is 154 Å². The van der Waals surface area contributed by atoms with Crippen molar-refractivity contribution in [3.63, 3.8) is 0 Å². The molecule has 2 heterocycles. The molecule has 140 valence electrons. The molecule has 1 fully saturated rings. The van der Waals surface area contributed by atoms with Gasteiger partial charge in [0.05, 0.1) is 19.3 Å². The van der Waals surface area contributed by atoms with Crippen LogP contribution < -0.4 is 15.0 Å². The van der Waals surface area contributed by atoms with Crippen LogP contribution in [0, 0.1) is 0 Å². The Kier molecular flexibility index (Phi) is 5.99.